The van der Waals surface area contributed by atoms with E-state index >= 15 is 0 Å². The monoisotopic (exact) mass is 224 g/mol. The molecule has 0 aliphatic carbocycles. The molecule has 0 spiro atoms. The summed E-state index contributed by atoms with van der Waals surface area (Å²) >= 11 is 1.43. The molecule has 1 aromatic heterocycles. The number of nitrogens with zero attached hydrogens (tertiary/aromatic N) is 2. The fraction of sp³-hybridized carbons (Fsp3) is 0.600. The van der Waals surface area contributed by atoms with Crippen LogP contribution in [-0.4, -0.2) is 41.1 Å². The number of morpholine rings is 1. The first-order chi connectivity index (χ1) is 7.25. The molecule has 2 fully saturated rings. The number of carbonyl (C=O) groups is 1. The molecule has 0 aromatic carbocycles. The Labute approximate surface area is 91.9 Å². The zero-order valence-corrected chi connectivity index (χ0v) is 9.29. The van der Waals surface area contributed by atoms with Crippen molar-refractivity contribution < 1.29 is 9.53 Å². The van der Waals surface area contributed by atoms with Crippen LogP contribution in [0.1, 0.15) is 21.8 Å². The summed E-state index contributed by atoms with van der Waals surface area (Å²) in [5.41, 5.74) is 2.57. The maximum absolute atomic E-state index is 12.2. The number of fused-ring (bicyclic) bond motifs is 2. The number of rotatable bonds is 1. The standard InChI is InChI=1S/C10H12N2O2S/c1-6-9(15-5-11-6)10(13)12-3-8-2-7(12)4-14-8/h5,7-8H,2-4H2,1H3. The Kier molecular flexibility index (Phi) is 2.03. The Hall–Kier alpha value is -0.940. The highest BCUT2D eigenvalue weighted by molar-refractivity contribution is 7.11. The van der Waals surface area contributed by atoms with Crippen LogP contribution in [0.25, 0.3) is 0 Å². The smallest absolute Gasteiger partial charge is 0.266 e. The zero-order valence-electron chi connectivity index (χ0n) is 8.47. The molecular formula is C10H12N2O2S. The number of amides is 1. The highest BCUT2D eigenvalue weighted by Gasteiger charge is 2.42. The number of thiazole rings is 1. The number of aromatic nitrogens is 1. The number of aryl methyl sites for hydroxylation is 1. The van der Waals surface area contributed by atoms with Crippen molar-refractivity contribution in [1.82, 2.24) is 9.88 Å². The van der Waals surface area contributed by atoms with Crippen molar-refractivity contribution in [3.63, 3.8) is 0 Å². The molecule has 0 radical (unpaired) electrons. The largest absolute Gasteiger partial charge is 0.374 e. The summed E-state index contributed by atoms with van der Waals surface area (Å²) < 4.78 is 5.47. The van der Waals surface area contributed by atoms with Gasteiger partial charge in [-0.25, -0.2) is 4.98 Å². The molecule has 0 N–H and O–H groups in total. The first-order valence-corrected chi connectivity index (χ1v) is 5.96. The van der Waals surface area contributed by atoms with E-state index < -0.39 is 0 Å². The summed E-state index contributed by atoms with van der Waals surface area (Å²) in [6.45, 7) is 3.34. The van der Waals surface area contributed by atoms with Crippen molar-refractivity contribution in [2.24, 2.45) is 0 Å². The second kappa shape index (κ2) is 3.28. The second-order valence-corrected chi connectivity index (χ2v) is 4.92. The molecule has 2 unspecified atom stereocenters. The van der Waals surface area contributed by atoms with Crippen molar-refractivity contribution in [2.75, 3.05) is 13.2 Å². The molecule has 2 bridgehead atoms. The predicted octanol–water partition coefficient (Wildman–Crippen LogP) is 1.06. The molecular weight excluding hydrogens is 212 g/mol. The van der Waals surface area contributed by atoms with E-state index in [1.807, 2.05) is 11.8 Å². The lowest BCUT2D eigenvalue weighted by Gasteiger charge is -2.26. The van der Waals surface area contributed by atoms with Gasteiger partial charge >= 0.3 is 0 Å². The van der Waals surface area contributed by atoms with E-state index in [0.717, 1.165) is 23.5 Å². The molecule has 80 valence electrons. The fourth-order valence-corrected chi connectivity index (χ4v) is 3.04. The molecule has 0 saturated carbocycles. The molecule has 3 heterocycles. The average molecular weight is 224 g/mol. The topological polar surface area (TPSA) is 42.4 Å². The molecule has 5 heteroatoms. The third-order valence-electron chi connectivity index (χ3n) is 3.10. The molecule has 3 rings (SSSR count). The first kappa shape index (κ1) is 9.30. The lowest BCUT2D eigenvalue weighted by molar-refractivity contribution is 0.0261. The van der Waals surface area contributed by atoms with Gasteiger partial charge in [0.05, 0.1) is 30.0 Å². The van der Waals surface area contributed by atoms with E-state index in [9.17, 15) is 4.79 Å². The maximum atomic E-state index is 12.2. The van der Waals surface area contributed by atoms with E-state index in [1.54, 1.807) is 5.51 Å². The zero-order chi connectivity index (χ0) is 10.4. The van der Waals surface area contributed by atoms with Crippen LogP contribution in [0, 0.1) is 6.92 Å². The average Bonchev–Trinajstić information content (AvgIpc) is 2.91. The van der Waals surface area contributed by atoms with Crippen molar-refractivity contribution in [3.8, 4) is 0 Å². The lowest BCUT2D eigenvalue weighted by atomic mass is 10.2. The molecule has 2 atom stereocenters. The minimum atomic E-state index is 0.130. The summed E-state index contributed by atoms with van der Waals surface area (Å²) in [7, 11) is 0. The van der Waals surface area contributed by atoms with Gasteiger partial charge in [0.15, 0.2) is 0 Å². The highest BCUT2D eigenvalue weighted by atomic mass is 32.1. The van der Waals surface area contributed by atoms with Crippen LogP contribution >= 0.6 is 11.3 Å². The van der Waals surface area contributed by atoms with Crippen molar-refractivity contribution in [1.29, 1.82) is 0 Å². The molecule has 1 amide bonds. The second-order valence-electron chi connectivity index (χ2n) is 4.07. The van der Waals surface area contributed by atoms with Gasteiger partial charge in [-0.05, 0) is 13.3 Å². The van der Waals surface area contributed by atoms with Crippen LogP contribution < -0.4 is 0 Å². The number of likely N-dealkylation sites (tertiary alicyclic amines) is 1. The molecule has 2 aliphatic heterocycles. The van der Waals surface area contributed by atoms with Gasteiger partial charge in [-0.3, -0.25) is 4.79 Å². The minimum absolute atomic E-state index is 0.130. The van der Waals surface area contributed by atoms with Gasteiger partial charge in [0.1, 0.15) is 4.88 Å². The number of ether oxygens (including phenoxy) is 1. The summed E-state index contributed by atoms with van der Waals surface area (Å²) in [5, 5.41) is 0. The van der Waals surface area contributed by atoms with Crippen LogP contribution in [0.4, 0.5) is 0 Å². The minimum Gasteiger partial charge on any atom is -0.374 e. The summed E-state index contributed by atoms with van der Waals surface area (Å²) in [5.74, 6) is 0.130. The van der Waals surface area contributed by atoms with Gasteiger partial charge in [0, 0.05) is 6.54 Å². The van der Waals surface area contributed by atoms with Gasteiger partial charge in [-0.15, -0.1) is 11.3 Å². The lowest BCUT2D eigenvalue weighted by Crippen LogP contribution is -2.41. The van der Waals surface area contributed by atoms with Crippen LogP contribution in [0.5, 0.6) is 0 Å². The molecule has 4 nitrogen and oxygen atoms in total. The number of hydrogen-bond acceptors (Lipinski definition) is 4. The van der Waals surface area contributed by atoms with Gasteiger partial charge in [0.25, 0.3) is 5.91 Å². The third kappa shape index (κ3) is 1.38. The van der Waals surface area contributed by atoms with Gasteiger partial charge in [0.2, 0.25) is 0 Å². The summed E-state index contributed by atoms with van der Waals surface area (Å²) in [6, 6.07) is 0.295. The van der Waals surface area contributed by atoms with Crippen molar-refractivity contribution in [3.05, 3.63) is 16.1 Å². The van der Waals surface area contributed by atoms with Crippen LogP contribution in [0.15, 0.2) is 5.51 Å². The third-order valence-corrected chi connectivity index (χ3v) is 4.02. The van der Waals surface area contributed by atoms with Crippen LogP contribution in [-0.2, 0) is 4.74 Å². The number of carbonyl (C=O) groups excluding carboxylic acids is 1. The van der Waals surface area contributed by atoms with Crippen molar-refractivity contribution >= 4 is 17.2 Å². The Morgan fingerprint density at radius 2 is 2.60 bits per heavy atom. The van der Waals surface area contributed by atoms with E-state index in [-0.39, 0.29) is 12.0 Å². The summed E-state index contributed by atoms with van der Waals surface area (Å²) in [4.78, 5) is 19.0. The Balaban J connectivity index is 1.84. The molecule has 2 saturated heterocycles. The Bertz CT molecular complexity index is 404. The van der Waals surface area contributed by atoms with E-state index in [4.69, 9.17) is 4.74 Å². The Morgan fingerprint density at radius 1 is 1.73 bits per heavy atom. The molecule has 15 heavy (non-hydrogen) atoms. The predicted molar refractivity (Wildman–Crippen MR) is 56.0 cm³/mol. The SMILES string of the molecule is Cc1ncsc1C(=O)N1CC2CC1CO2. The van der Waals surface area contributed by atoms with E-state index in [1.165, 1.54) is 11.3 Å². The van der Waals surface area contributed by atoms with Crippen LogP contribution in [0.3, 0.4) is 0 Å². The van der Waals surface area contributed by atoms with Gasteiger partial charge in [-0.1, -0.05) is 0 Å². The maximum Gasteiger partial charge on any atom is 0.266 e. The molecule has 1 aromatic rings. The number of hydrogen-bond donors (Lipinski definition) is 0. The molecule has 2 aliphatic rings. The van der Waals surface area contributed by atoms with Crippen molar-refractivity contribution in [2.45, 2.75) is 25.5 Å². The van der Waals surface area contributed by atoms with Crippen LogP contribution in [0.2, 0.25) is 0 Å². The quantitative estimate of drug-likeness (QED) is 0.716. The normalized spacial score (nSPS) is 28.7. The van der Waals surface area contributed by atoms with Gasteiger partial charge in [-0.2, -0.15) is 0 Å². The van der Waals surface area contributed by atoms with Gasteiger partial charge < -0.3 is 9.64 Å². The summed E-state index contributed by atoms with van der Waals surface area (Å²) in [6.07, 6.45) is 1.27. The fourth-order valence-electron chi connectivity index (χ4n) is 2.29. The highest BCUT2D eigenvalue weighted by Crippen LogP contribution is 2.30. The van der Waals surface area contributed by atoms with E-state index in [0.29, 0.717) is 12.6 Å². The van der Waals surface area contributed by atoms with E-state index in [2.05, 4.69) is 4.98 Å². The first-order valence-electron chi connectivity index (χ1n) is 5.08. The Morgan fingerprint density at radius 3 is 3.13 bits per heavy atom.